The summed E-state index contributed by atoms with van der Waals surface area (Å²) in [5.41, 5.74) is 0.873. The molecule has 8 heteroatoms. The number of nitriles is 1. The standard InChI is InChI=1S/C19H10BrCl2IN2O2/c1-2-6-27-18-13(20)8-11(9-15(18)23)7-12(10-24)19(26)25-16-5-3-4-14(21)17(16)22/h1,3-5,7-9H,6H2,(H,25,26)/b12-7-. The molecule has 0 radical (unpaired) electrons. The van der Waals surface area contributed by atoms with Gasteiger partial charge < -0.3 is 10.1 Å². The number of hydrogen-bond donors (Lipinski definition) is 1. The number of carbonyl (C=O) groups excluding carboxylic acids is 1. The number of anilines is 1. The largest absolute Gasteiger partial charge is 0.479 e. The van der Waals surface area contributed by atoms with Crippen molar-refractivity contribution in [2.24, 2.45) is 0 Å². The number of carbonyl (C=O) groups is 1. The number of benzene rings is 2. The quantitative estimate of drug-likeness (QED) is 0.208. The van der Waals surface area contributed by atoms with E-state index in [4.69, 9.17) is 34.4 Å². The fourth-order valence-electron chi connectivity index (χ4n) is 2.02. The second-order valence-corrected chi connectivity index (χ2v) is 7.83. The van der Waals surface area contributed by atoms with Gasteiger partial charge in [-0.05, 0) is 74.4 Å². The summed E-state index contributed by atoms with van der Waals surface area (Å²) in [6.07, 6.45) is 6.67. The Morgan fingerprint density at radius 2 is 2.15 bits per heavy atom. The van der Waals surface area contributed by atoms with Crippen molar-refractivity contribution < 1.29 is 9.53 Å². The lowest BCUT2D eigenvalue weighted by Crippen LogP contribution is -2.13. The maximum absolute atomic E-state index is 12.4. The lowest BCUT2D eigenvalue weighted by Gasteiger charge is -2.10. The van der Waals surface area contributed by atoms with Crippen LogP contribution in [-0.4, -0.2) is 12.5 Å². The van der Waals surface area contributed by atoms with Crippen molar-refractivity contribution in [1.82, 2.24) is 0 Å². The van der Waals surface area contributed by atoms with Crippen LogP contribution in [-0.2, 0) is 4.79 Å². The lowest BCUT2D eigenvalue weighted by atomic mass is 10.1. The Labute approximate surface area is 188 Å². The third-order valence-corrected chi connectivity index (χ3v) is 5.41. The molecule has 1 amide bonds. The highest BCUT2D eigenvalue weighted by Crippen LogP contribution is 2.33. The van der Waals surface area contributed by atoms with E-state index in [1.165, 1.54) is 6.08 Å². The van der Waals surface area contributed by atoms with Gasteiger partial charge in [-0.25, -0.2) is 0 Å². The summed E-state index contributed by atoms with van der Waals surface area (Å²) in [5.74, 6) is 2.40. The molecule has 0 aliphatic rings. The van der Waals surface area contributed by atoms with Crippen molar-refractivity contribution >= 4 is 79.4 Å². The Hall–Kier alpha value is -1.71. The smallest absolute Gasteiger partial charge is 0.266 e. The molecular weight excluding hydrogens is 566 g/mol. The molecule has 1 N–H and O–H groups in total. The Morgan fingerprint density at radius 3 is 2.78 bits per heavy atom. The lowest BCUT2D eigenvalue weighted by molar-refractivity contribution is -0.112. The maximum atomic E-state index is 12.4. The Kier molecular flexibility index (Phi) is 8.00. The molecule has 27 heavy (non-hydrogen) atoms. The van der Waals surface area contributed by atoms with Crippen LogP contribution in [0.4, 0.5) is 5.69 Å². The highest BCUT2D eigenvalue weighted by atomic mass is 127. The van der Waals surface area contributed by atoms with Crippen LogP contribution in [0.5, 0.6) is 5.75 Å². The zero-order chi connectivity index (χ0) is 20.0. The molecule has 0 saturated heterocycles. The summed E-state index contributed by atoms with van der Waals surface area (Å²) >= 11 is 17.5. The molecule has 0 unspecified atom stereocenters. The van der Waals surface area contributed by atoms with Crippen LogP contribution in [0.3, 0.4) is 0 Å². The molecule has 0 aliphatic carbocycles. The molecule has 0 heterocycles. The molecule has 0 aliphatic heterocycles. The van der Waals surface area contributed by atoms with Gasteiger partial charge in [0.25, 0.3) is 5.91 Å². The van der Waals surface area contributed by atoms with Gasteiger partial charge >= 0.3 is 0 Å². The minimum atomic E-state index is -0.597. The van der Waals surface area contributed by atoms with E-state index in [2.05, 4.69) is 49.8 Å². The first-order chi connectivity index (χ1) is 12.9. The highest BCUT2D eigenvalue weighted by molar-refractivity contribution is 14.1. The average molecular weight is 576 g/mol. The van der Waals surface area contributed by atoms with Crippen LogP contribution in [0, 0.1) is 27.2 Å². The van der Waals surface area contributed by atoms with E-state index in [-0.39, 0.29) is 17.2 Å². The van der Waals surface area contributed by atoms with Crippen LogP contribution in [0.15, 0.2) is 40.4 Å². The first kappa shape index (κ1) is 21.6. The van der Waals surface area contributed by atoms with Crippen molar-refractivity contribution in [2.45, 2.75) is 0 Å². The van der Waals surface area contributed by atoms with Crippen molar-refractivity contribution in [3.63, 3.8) is 0 Å². The predicted octanol–water partition coefficient (Wildman–Crippen LogP) is 5.92. The van der Waals surface area contributed by atoms with Crippen molar-refractivity contribution in [1.29, 1.82) is 5.26 Å². The maximum Gasteiger partial charge on any atom is 0.266 e. The number of terminal acetylenes is 1. The van der Waals surface area contributed by atoms with Gasteiger partial charge in [0.05, 0.1) is 23.8 Å². The van der Waals surface area contributed by atoms with E-state index >= 15 is 0 Å². The van der Waals surface area contributed by atoms with E-state index < -0.39 is 5.91 Å². The number of ether oxygens (including phenoxy) is 1. The van der Waals surface area contributed by atoms with Gasteiger partial charge in [0, 0.05) is 0 Å². The number of amides is 1. The molecular formula is C19H10BrCl2IN2O2. The normalized spacial score (nSPS) is 10.7. The summed E-state index contributed by atoms with van der Waals surface area (Å²) in [6, 6.07) is 10.2. The third kappa shape index (κ3) is 5.63. The van der Waals surface area contributed by atoms with Gasteiger partial charge in [0.2, 0.25) is 0 Å². The summed E-state index contributed by atoms with van der Waals surface area (Å²) in [5, 5.41) is 12.5. The van der Waals surface area contributed by atoms with Gasteiger partial charge in [-0.1, -0.05) is 35.2 Å². The van der Waals surface area contributed by atoms with Crippen LogP contribution >= 0.6 is 61.7 Å². The second kappa shape index (κ2) is 10.0. The van der Waals surface area contributed by atoms with E-state index in [0.717, 1.165) is 3.57 Å². The fraction of sp³-hybridized carbons (Fsp3) is 0.0526. The topological polar surface area (TPSA) is 62.1 Å². The molecule has 136 valence electrons. The van der Waals surface area contributed by atoms with Crippen molar-refractivity contribution in [3.8, 4) is 24.2 Å². The number of rotatable bonds is 5. The van der Waals surface area contributed by atoms with Gasteiger partial charge in [0.1, 0.15) is 24.0 Å². The molecule has 0 spiro atoms. The first-order valence-electron chi connectivity index (χ1n) is 7.29. The van der Waals surface area contributed by atoms with Gasteiger partial charge in [-0.2, -0.15) is 5.26 Å². The number of hydrogen-bond acceptors (Lipinski definition) is 3. The van der Waals surface area contributed by atoms with Crippen molar-refractivity contribution in [3.05, 3.63) is 59.6 Å². The second-order valence-electron chi connectivity index (χ2n) is 5.03. The van der Waals surface area contributed by atoms with Gasteiger partial charge in [0.15, 0.2) is 0 Å². The Bertz CT molecular complexity index is 987. The first-order valence-corrected chi connectivity index (χ1v) is 9.92. The van der Waals surface area contributed by atoms with E-state index in [9.17, 15) is 10.1 Å². The molecule has 2 aromatic rings. The molecule has 0 fully saturated rings. The van der Waals surface area contributed by atoms with Crippen LogP contribution in [0.25, 0.3) is 6.08 Å². The van der Waals surface area contributed by atoms with Gasteiger partial charge in [-0.3, -0.25) is 4.79 Å². The minimum Gasteiger partial charge on any atom is -0.479 e. The number of halogens is 4. The fourth-order valence-corrected chi connectivity index (χ4v) is 4.14. The Balaban J connectivity index is 2.30. The third-order valence-electron chi connectivity index (χ3n) is 3.20. The summed E-state index contributed by atoms with van der Waals surface area (Å²) in [4.78, 5) is 12.4. The zero-order valence-corrected chi connectivity index (χ0v) is 18.8. The van der Waals surface area contributed by atoms with E-state index in [0.29, 0.717) is 26.5 Å². The van der Waals surface area contributed by atoms with Crippen LogP contribution in [0.1, 0.15) is 5.56 Å². The highest BCUT2D eigenvalue weighted by Gasteiger charge is 2.14. The number of nitrogens with one attached hydrogen (secondary N) is 1. The molecule has 0 aromatic heterocycles. The molecule has 2 rings (SSSR count). The molecule has 0 atom stereocenters. The molecule has 4 nitrogen and oxygen atoms in total. The zero-order valence-electron chi connectivity index (χ0n) is 13.5. The molecule has 0 saturated carbocycles. The molecule has 0 bridgehead atoms. The van der Waals surface area contributed by atoms with Crippen molar-refractivity contribution in [2.75, 3.05) is 11.9 Å². The monoisotopic (exact) mass is 574 g/mol. The SMILES string of the molecule is C#CCOc1c(Br)cc(/C=C(/C#N)C(=O)Nc2cccc(Cl)c2Cl)cc1I. The summed E-state index contributed by atoms with van der Waals surface area (Å²) < 4.78 is 6.91. The summed E-state index contributed by atoms with van der Waals surface area (Å²) in [6.45, 7) is 0.135. The Morgan fingerprint density at radius 1 is 1.41 bits per heavy atom. The van der Waals surface area contributed by atoms with E-state index in [1.54, 1.807) is 30.3 Å². The number of nitrogens with zero attached hydrogens (tertiary/aromatic N) is 1. The minimum absolute atomic E-state index is 0.0916. The molecule has 2 aromatic carbocycles. The average Bonchev–Trinajstić information content (AvgIpc) is 2.62. The van der Waals surface area contributed by atoms with Gasteiger partial charge in [-0.15, -0.1) is 6.42 Å². The van der Waals surface area contributed by atoms with E-state index in [1.807, 2.05) is 6.07 Å². The summed E-state index contributed by atoms with van der Waals surface area (Å²) in [7, 11) is 0. The van der Waals surface area contributed by atoms with Crippen LogP contribution < -0.4 is 10.1 Å². The predicted molar refractivity (Wildman–Crippen MR) is 120 cm³/mol. The van der Waals surface area contributed by atoms with Crippen LogP contribution in [0.2, 0.25) is 10.0 Å².